The summed E-state index contributed by atoms with van der Waals surface area (Å²) in [5, 5.41) is 0. The Morgan fingerprint density at radius 1 is 1.35 bits per heavy atom. The molecule has 2 heteroatoms. The number of hydrogen-bond acceptors (Lipinski definition) is 2. The van der Waals surface area contributed by atoms with Crippen LogP contribution in [0.4, 0.5) is 0 Å². The lowest BCUT2D eigenvalue weighted by atomic mass is 9.94. The Morgan fingerprint density at radius 3 is 2.71 bits per heavy atom. The van der Waals surface area contributed by atoms with Crippen molar-refractivity contribution in [3.63, 3.8) is 0 Å². The summed E-state index contributed by atoms with van der Waals surface area (Å²) in [6.45, 7) is 5.08. The zero-order valence-electron chi connectivity index (χ0n) is 10.8. The summed E-state index contributed by atoms with van der Waals surface area (Å²) in [6, 6.07) is 0. The van der Waals surface area contributed by atoms with E-state index < -0.39 is 0 Å². The molecule has 1 aliphatic carbocycles. The van der Waals surface area contributed by atoms with Gasteiger partial charge in [0.1, 0.15) is 0 Å². The highest BCUT2D eigenvalue weighted by Gasteiger charge is 2.20. The van der Waals surface area contributed by atoms with Gasteiger partial charge in [0, 0.05) is 5.57 Å². The molecule has 2 aliphatic rings. The Bertz CT molecular complexity index is 322. The average Bonchev–Trinajstić information content (AvgIpc) is 2.40. The van der Waals surface area contributed by atoms with Gasteiger partial charge in [-0.25, -0.2) is 0 Å². The second-order valence-electron chi connectivity index (χ2n) is 5.19. The van der Waals surface area contributed by atoms with E-state index in [1.165, 1.54) is 19.3 Å². The molecule has 0 unspecified atom stereocenters. The fourth-order valence-corrected chi connectivity index (χ4v) is 2.67. The minimum absolute atomic E-state index is 0.302. The zero-order chi connectivity index (χ0) is 12.1. The monoisotopic (exact) mass is 233 g/mol. The molecule has 1 saturated heterocycles. The Kier molecular flexibility index (Phi) is 4.55. The van der Waals surface area contributed by atoms with Crippen LogP contribution in [0.1, 0.15) is 39.0 Å². The molecule has 94 valence electrons. The van der Waals surface area contributed by atoms with E-state index in [1.54, 1.807) is 0 Å². The van der Waals surface area contributed by atoms with Gasteiger partial charge in [0.05, 0.1) is 6.54 Å². The van der Waals surface area contributed by atoms with Crippen molar-refractivity contribution >= 4 is 5.78 Å². The maximum Gasteiger partial charge on any atom is 0.176 e. The molecular weight excluding hydrogens is 210 g/mol. The fraction of sp³-hybridized carbons (Fsp3) is 0.667. The standard InChI is InChI=1S/C15H23NO/c1-2-13-8-10-16(11-9-13)12-15(17)14-6-4-3-5-7-14/h4,6-7,13H,2-3,5,8-12H2,1H3. The summed E-state index contributed by atoms with van der Waals surface area (Å²) >= 11 is 0. The lowest BCUT2D eigenvalue weighted by molar-refractivity contribution is -0.116. The first kappa shape index (κ1) is 12.6. The van der Waals surface area contributed by atoms with E-state index in [0.717, 1.165) is 37.4 Å². The lowest BCUT2D eigenvalue weighted by Crippen LogP contribution is -2.37. The third kappa shape index (κ3) is 3.53. The van der Waals surface area contributed by atoms with Gasteiger partial charge in [0.2, 0.25) is 0 Å². The molecule has 1 aliphatic heterocycles. The van der Waals surface area contributed by atoms with Crippen LogP contribution in [0.15, 0.2) is 23.8 Å². The van der Waals surface area contributed by atoms with Gasteiger partial charge in [-0.15, -0.1) is 0 Å². The van der Waals surface area contributed by atoms with Crippen molar-refractivity contribution in [1.82, 2.24) is 4.90 Å². The van der Waals surface area contributed by atoms with Crippen molar-refractivity contribution in [1.29, 1.82) is 0 Å². The van der Waals surface area contributed by atoms with E-state index in [2.05, 4.69) is 24.0 Å². The number of carbonyl (C=O) groups is 1. The molecule has 0 bridgehead atoms. The highest BCUT2D eigenvalue weighted by Crippen LogP contribution is 2.20. The molecule has 17 heavy (non-hydrogen) atoms. The van der Waals surface area contributed by atoms with Crippen molar-refractivity contribution in [3.05, 3.63) is 23.8 Å². The van der Waals surface area contributed by atoms with E-state index in [-0.39, 0.29) is 0 Å². The van der Waals surface area contributed by atoms with Crippen LogP contribution in [0.2, 0.25) is 0 Å². The van der Waals surface area contributed by atoms with Gasteiger partial charge in [-0.05, 0) is 44.7 Å². The van der Waals surface area contributed by atoms with Crippen LogP contribution in [0.5, 0.6) is 0 Å². The number of piperidine rings is 1. The first-order valence-electron chi connectivity index (χ1n) is 6.92. The molecule has 0 radical (unpaired) electrons. The summed E-state index contributed by atoms with van der Waals surface area (Å²) in [5.74, 6) is 1.19. The van der Waals surface area contributed by atoms with E-state index in [1.807, 2.05) is 6.08 Å². The van der Waals surface area contributed by atoms with Gasteiger partial charge in [-0.1, -0.05) is 31.6 Å². The number of Topliss-reactive ketones (excluding diaryl/α,β-unsaturated/α-hetero) is 1. The Labute approximate surface area is 104 Å². The quantitative estimate of drug-likeness (QED) is 0.744. The molecule has 1 heterocycles. The predicted octanol–water partition coefficient (Wildman–Crippen LogP) is 2.95. The van der Waals surface area contributed by atoms with E-state index in [4.69, 9.17) is 0 Å². The molecule has 2 rings (SSSR count). The summed E-state index contributed by atoms with van der Waals surface area (Å²) in [4.78, 5) is 14.4. The number of rotatable bonds is 4. The largest absolute Gasteiger partial charge is 0.296 e. The first-order valence-corrected chi connectivity index (χ1v) is 6.92. The van der Waals surface area contributed by atoms with E-state index in [9.17, 15) is 4.79 Å². The van der Waals surface area contributed by atoms with Crippen LogP contribution in [0.3, 0.4) is 0 Å². The van der Waals surface area contributed by atoms with Crippen LogP contribution in [-0.2, 0) is 4.79 Å². The minimum atomic E-state index is 0.302. The van der Waals surface area contributed by atoms with Gasteiger partial charge in [-0.2, -0.15) is 0 Å². The minimum Gasteiger partial charge on any atom is -0.296 e. The van der Waals surface area contributed by atoms with Crippen LogP contribution < -0.4 is 0 Å². The number of ketones is 1. The zero-order valence-corrected chi connectivity index (χ0v) is 10.8. The molecule has 0 saturated carbocycles. The van der Waals surface area contributed by atoms with Gasteiger partial charge in [0.25, 0.3) is 0 Å². The number of hydrogen-bond donors (Lipinski definition) is 0. The third-order valence-corrected chi connectivity index (χ3v) is 3.97. The average molecular weight is 233 g/mol. The molecule has 0 aromatic heterocycles. The summed E-state index contributed by atoms with van der Waals surface area (Å²) < 4.78 is 0. The SMILES string of the molecule is CCC1CCN(CC(=O)C2=CCCC=C2)CC1. The second kappa shape index (κ2) is 6.15. The normalized spacial score (nSPS) is 22.5. The van der Waals surface area contributed by atoms with Crippen molar-refractivity contribution < 1.29 is 4.79 Å². The van der Waals surface area contributed by atoms with Crippen LogP contribution in [-0.4, -0.2) is 30.3 Å². The van der Waals surface area contributed by atoms with Crippen LogP contribution in [0, 0.1) is 5.92 Å². The van der Waals surface area contributed by atoms with Gasteiger partial charge < -0.3 is 0 Å². The molecule has 0 aromatic rings. The highest BCUT2D eigenvalue weighted by molar-refractivity contribution is 5.99. The fourth-order valence-electron chi connectivity index (χ4n) is 2.67. The van der Waals surface area contributed by atoms with Gasteiger partial charge in [0.15, 0.2) is 5.78 Å². The highest BCUT2D eigenvalue weighted by atomic mass is 16.1. The van der Waals surface area contributed by atoms with Crippen molar-refractivity contribution in [3.8, 4) is 0 Å². The summed E-state index contributed by atoms with van der Waals surface area (Å²) in [7, 11) is 0. The topological polar surface area (TPSA) is 20.3 Å². The molecule has 0 aromatic carbocycles. The Morgan fingerprint density at radius 2 is 2.12 bits per heavy atom. The van der Waals surface area contributed by atoms with E-state index >= 15 is 0 Å². The Balaban J connectivity index is 1.79. The van der Waals surface area contributed by atoms with Crippen molar-refractivity contribution in [2.45, 2.75) is 39.0 Å². The molecule has 0 N–H and O–H groups in total. The third-order valence-electron chi connectivity index (χ3n) is 3.97. The molecular formula is C15H23NO. The molecule has 1 fully saturated rings. The Hall–Kier alpha value is -0.890. The molecule has 0 atom stereocenters. The second-order valence-corrected chi connectivity index (χ2v) is 5.19. The van der Waals surface area contributed by atoms with Crippen molar-refractivity contribution in [2.75, 3.05) is 19.6 Å². The van der Waals surface area contributed by atoms with Crippen LogP contribution in [0.25, 0.3) is 0 Å². The lowest BCUT2D eigenvalue weighted by Gasteiger charge is -2.31. The maximum atomic E-state index is 12.1. The van der Waals surface area contributed by atoms with Gasteiger partial charge in [-0.3, -0.25) is 9.69 Å². The predicted molar refractivity (Wildman–Crippen MR) is 70.9 cm³/mol. The molecule has 0 spiro atoms. The molecule has 2 nitrogen and oxygen atoms in total. The maximum absolute atomic E-state index is 12.1. The smallest absolute Gasteiger partial charge is 0.176 e. The van der Waals surface area contributed by atoms with Crippen molar-refractivity contribution in [2.24, 2.45) is 5.92 Å². The van der Waals surface area contributed by atoms with Gasteiger partial charge >= 0.3 is 0 Å². The summed E-state index contributed by atoms with van der Waals surface area (Å²) in [5.41, 5.74) is 0.925. The van der Waals surface area contributed by atoms with E-state index in [0.29, 0.717) is 12.3 Å². The molecule has 0 amide bonds. The number of carbonyl (C=O) groups excluding carboxylic acids is 1. The number of nitrogens with zero attached hydrogens (tertiary/aromatic N) is 1. The first-order chi connectivity index (χ1) is 8.29. The summed E-state index contributed by atoms with van der Waals surface area (Å²) in [6.07, 6.45) is 12.1. The number of likely N-dealkylation sites (tertiary alicyclic amines) is 1. The number of allylic oxidation sites excluding steroid dienone is 3. The van der Waals surface area contributed by atoms with Crippen LogP contribution >= 0.6 is 0 Å².